The van der Waals surface area contributed by atoms with E-state index in [4.69, 9.17) is 35.2 Å². The molecule has 0 amide bonds. The molecular weight excluding hydrogens is 276 g/mol. The van der Waals surface area contributed by atoms with E-state index < -0.39 is 0 Å². The van der Waals surface area contributed by atoms with Crippen LogP contribution in [-0.2, 0) is 23.7 Å². The molecule has 0 aromatic carbocycles. The average Bonchev–Trinajstić information content (AvgIpc) is 2.42. The third-order valence-corrected chi connectivity index (χ3v) is 2.25. The third kappa shape index (κ3) is 19.7. The second kappa shape index (κ2) is 16.1. The Morgan fingerprint density at radius 2 is 0.762 bits per heavy atom. The van der Waals surface area contributed by atoms with Crippen LogP contribution in [0.2, 0.25) is 0 Å². The summed E-state index contributed by atoms with van der Waals surface area (Å²) in [4.78, 5) is 0. The lowest BCUT2D eigenvalue weighted by Crippen LogP contribution is -2.23. The first-order valence-electron chi connectivity index (χ1n) is 7.52. The molecule has 0 aliphatic carbocycles. The zero-order valence-electron chi connectivity index (χ0n) is 13.4. The van der Waals surface area contributed by atoms with E-state index in [2.05, 4.69) is 0 Å². The molecule has 7 nitrogen and oxygen atoms in total. The van der Waals surface area contributed by atoms with Gasteiger partial charge in [0, 0.05) is 12.1 Å². The zero-order chi connectivity index (χ0) is 15.8. The molecule has 0 rings (SSSR count). The minimum Gasteiger partial charge on any atom is -0.377 e. The first-order chi connectivity index (χ1) is 10.1. The van der Waals surface area contributed by atoms with Crippen LogP contribution in [0, 0.1) is 0 Å². The molecule has 4 N–H and O–H groups in total. The van der Waals surface area contributed by atoms with Crippen LogP contribution in [0.15, 0.2) is 0 Å². The van der Waals surface area contributed by atoms with Crippen molar-refractivity contribution in [2.45, 2.75) is 25.9 Å². The average molecular weight is 308 g/mol. The van der Waals surface area contributed by atoms with Crippen LogP contribution in [0.1, 0.15) is 13.8 Å². The summed E-state index contributed by atoms with van der Waals surface area (Å²) in [6.45, 7) is 9.39. The molecule has 0 aliphatic heterocycles. The predicted octanol–water partition coefficient (Wildman–Crippen LogP) is -0.236. The van der Waals surface area contributed by atoms with Gasteiger partial charge in [0.25, 0.3) is 0 Å². The fourth-order valence-corrected chi connectivity index (χ4v) is 1.32. The van der Waals surface area contributed by atoms with Crippen molar-refractivity contribution in [3.63, 3.8) is 0 Å². The summed E-state index contributed by atoms with van der Waals surface area (Å²) in [5, 5.41) is 0. The maximum absolute atomic E-state index is 5.54. The van der Waals surface area contributed by atoms with Crippen LogP contribution in [0.25, 0.3) is 0 Å². The zero-order valence-corrected chi connectivity index (χ0v) is 13.4. The normalized spacial score (nSPS) is 14.3. The van der Waals surface area contributed by atoms with E-state index in [0.717, 1.165) is 0 Å². The van der Waals surface area contributed by atoms with Gasteiger partial charge in [0.2, 0.25) is 0 Å². The van der Waals surface area contributed by atoms with Crippen LogP contribution in [-0.4, -0.2) is 78.2 Å². The molecule has 0 aromatic heterocycles. The Morgan fingerprint density at radius 3 is 1.00 bits per heavy atom. The molecule has 0 aromatic rings. The summed E-state index contributed by atoms with van der Waals surface area (Å²) in [6, 6.07) is 0.134. The number of hydrogen-bond acceptors (Lipinski definition) is 7. The van der Waals surface area contributed by atoms with E-state index in [0.29, 0.717) is 66.1 Å². The summed E-state index contributed by atoms with van der Waals surface area (Å²) in [7, 11) is 0. The van der Waals surface area contributed by atoms with Gasteiger partial charge in [-0.05, 0) is 13.8 Å². The smallest absolute Gasteiger partial charge is 0.0701 e. The van der Waals surface area contributed by atoms with Crippen LogP contribution >= 0.6 is 0 Å². The Hall–Kier alpha value is -0.280. The van der Waals surface area contributed by atoms with Crippen LogP contribution < -0.4 is 11.5 Å². The first-order valence-corrected chi connectivity index (χ1v) is 7.52. The van der Waals surface area contributed by atoms with Gasteiger partial charge >= 0.3 is 0 Å². The molecule has 0 bridgehead atoms. The Kier molecular flexibility index (Phi) is 15.9. The van der Waals surface area contributed by atoms with Gasteiger partial charge in [0.15, 0.2) is 0 Å². The molecule has 0 heterocycles. The second-order valence-electron chi connectivity index (χ2n) is 4.94. The third-order valence-electron chi connectivity index (χ3n) is 2.25. The lowest BCUT2D eigenvalue weighted by atomic mass is 10.4. The molecule has 0 fully saturated rings. The highest BCUT2D eigenvalue weighted by Crippen LogP contribution is 1.85. The summed E-state index contributed by atoms with van der Waals surface area (Å²) in [5.41, 5.74) is 11.1. The molecule has 0 spiro atoms. The molecule has 21 heavy (non-hydrogen) atoms. The minimum absolute atomic E-state index is 0.0671. The molecule has 128 valence electrons. The second-order valence-corrected chi connectivity index (χ2v) is 4.94. The quantitative estimate of drug-likeness (QED) is 0.380. The van der Waals surface area contributed by atoms with Crippen molar-refractivity contribution in [3.05, 3.63) is 0 Å². The number of hydrogen-bond donors (Lipinski definition) is 2. The predicted molar refractivity (Wildman–Crippen MR) is 81.4 cm³/mol. The van der Waals surface area contributed by atoms with Crippen molar-refractivity contribution in [3.8, 4) is 0 Å². The number of ether oxygens (including phenoxy) is 5. The molecular formula is C14H32N2O5. The van der Waals surface area contributed by atoms with E-state index in [9.17, 15) is 0 Å². The molecule has 2 atom stereocenters. The van der Waals surface area contributed by atoms with Crippen molar-refractivity contribution in [2.75, 3.05) is 66.1 Å². The highest BCUT2D eigenvalue weighted by molar-refractivity contribution is 4.48. The van der Waals surface area contributed by atoms with Gasteiger partial charge in [-0.1, -0.05) is 0 Å². The Labute approximate surface area is 128 Å². The van der Waals surface area contributed by atoms with Gasteiger partial charge in [-0.25, -0.2) is 0 Å². The molecule has 0 aliphatic rings. The summed E-state index contributed by atoms with van der Waals surface area (Å²) < 4.78 is 26.6. The minimum atomic E-state index is 0.0671. The molecule has 0 radical (unpaired) electrons. The van der Waals surface area contributed by atoms with Crippen molar-refractivity contribution in [1.29, 1.82) is 0 Å². The van der Waals surface area contributed by atoms with E-state index >= 15 is 0 Å². The lowest BCUT2D eigenvalue weighted by Gasteiger charge is -2.09. The van der Waals surface area contributed by atoms with Gasteiger partial charge in [0.1, 0.15) is 0 Å². The highest BCUT2D eigenvalue weighted by atomic mass is 16.6. The van der Waals surface area contributed by atoms with Gasteiger partial charge < -0.3 is 35.2 Å². The van der Waals surface area contributed by atoms with Gasteiger partial charge in [-0.3, -0.25) is 0 Å². The standard InChI is InChI=1S/C14H32N2O5/c1-13(15)11-20-9-7-18-5-3-17-4-6-19-8-10-21-12-14(2)16/h13-14H,3-12,15-16H2,1-2H3. The molecule has 7 heteroatoms. The molecule has 2 unspecified atom stereocenters. The van der Waals surface area contributed by atoms with E-state index in [1.54, 1.807) is 0 Å². The van der Waals surface area contributed by atoms with Crippen molar-refractivity contribution in [2.24, 2.45) is 11.5 Å². The van der Waals surface area contributed by atoms with Crippen molar-refractivity contribution < 1.29 is 23.7 Å². The van der Waals surface area contributed by atoms with Crippen LogP contribution in [0.4, 0.5) is 0 Å². The van der Waals surface area contributed by atoms with Crippen LogP contribution in [0.5, 0.6) is 0 Å². The Bertz CT molecular complexity index is 186. The number of nitrogens with two attached hydrogens (primary N) is 2. The molecule has 0 saturated carbocycles. The van der Waals surface area contributed by atoms with Gasteiger partial charge in [-0.2, -0.15) is 0 Å². The maximum Gasteiger partial charge on any atom is 0.0701 e. The summed E-state index contributed by atoms with van der Waals surface area (Å²) in [5.74, 6) is 0. The lowest BCUT2D eigenvalue weighted by molar-refractivity contribution is -0.0121. The van der Waals surface area contributed by atoms with Crippen molar-refractivity contribution in [1.82, 2.24) is 0 Å². The van der Waals surface area contributed by atoms with Gasteiger partial charge in [-0.15, -0.1) is 0 Å². The van der Waals surface area contributed by atoms with Gasteiger partial charge in [0.05, 0.1) is 66.1 Å². The summed E-state index contributed by atoms with van der Waals surface area (Å²) in [6.07, 6.45) is 0. The maximum atomic E-state index is 5.54. The fourth-order valence-electron chi connectivity index (χ4n) is 1.32. The Morgan fingerprint density at radius 1 is 0.524 bits per heavy atom. The van der Waals surface area contributed by atoms with Crippen molar-refractivity contribution >= 4 is 0 Å². The van der Waals surface area contributed by atoms with E-state index in [-0.39, 0.29) is 12.1 Å². The fraction of sp³-hybridized carbons (Fsp3) is 1.00. The van der Waals surface area contributed by atoms with E-state index in [1.807, 2.05) is 13.8 Å². The highest BCUT2D eigenvalue weighted by Gasteiger charge is 1.96. The first kappa shape index (κ1) is 20.7. The topological polar surface area (TPSA) is 98.2 Å². The SMILES string of the molecule is CC(N)COCCOCCOCCOCCOCC(C)N. The number of rotatable bonds is 16. The van der Waals surface area contributed by atoms with E-state index in [1.165, 1.54) is 0 Å². The Balaban J connectivity index is 2.96. The monoisotopic (exact) mass is 308 g/mol. The largest absolute Gasteiger partial charge is 0.377 e. The summed E-state index contributed by atoms with van der Waals surface area (Å²) >= 11 is 0. The molecule has 0 saturated heterocycles. The van der Waals surface area contributed by atoms with Crippen LogP contribution in [0.3, 0.4) is 0 Å².